The van der Waals surface area contributed by atoms with Gasteiger partial charge in [0.15, 0.2) is 0 Å². The van der Waals surface area contributed by atoms with Crippen molar-refractivity contribution in [1.82, 2.24) is 9.78 Å². The van der Waals surface area contributed by atoms with E-state index in [1.165, 1.54) is 12.1 Å². The molecule has 0 spiro atoms. The van der Waals surface area contributed by atoms with Crippen LogP contribution in [0.15, 0.2) is 24.4 Å². The van der Waals surface area contributed by atoms with Gasteiger partial charge in [0, 0.05) is 23.8 Å². The molecule has 1 aromatic carbocycles. The second-order valence-corrected chi connectivity index (χ2v) is 4.48. The number of nitrogens with zero attached hydrogens (tertiary/aromatic N) is 2. The van der Waals surface area contributed by atoms with Gasteiger partial charge in [0.25, 0.3) is 0 Å². The Labute approximate surface area is 106 Å². The van der Waals surface area contributed by atoms with Crippen molar-refractivity contribution in [3.05, 3.63) is 41.5 Å². The highest BCUT2D eigenvalue weighted by atomic mass is 19.1. The van der Waals surface area contributed by atoms with E-state index in [0.717, 1.165) is 28.9 Å². The fraction of sp³-hybridized carbons (Fsp3) is 0.357. The Morgan fingerprint density at radius 2 is 2.11 bits per heavy atom. The number of benzene rings is 1. The van der Waals surface area contributed by atoms with Crippen molar-refractivity contribution in [3.8, 4) is 11.1 Å². The van der Waals surface area contributed by atoms with Gasteiger partial charge in [-0.25, -0.2) is 4.39 Å². The third-order valence-corrected chi connectivity index (χ3v) is 3.20. The molecule has 4 heteroatoms. The van der Waals surface area contributed by atoms with Gasteiger partial charge in [-0.2, -0.15) is 5.10 Å². The number of rotatable bonds is 3. The third-order valence-electron chi connectivity index (χ3n) is 3.20. The van der Waals surface area contributed by atoms with Crippen molar-refractivity contribution < 1.29 is 4.39 Å². The average molecular weight is 247 g/mol. The zero-order valence-corrected chi connectivity index (χ0v) is 10.9. The smallest absolute Gasteiger partial charge is 0.123 e. The van der Waals surface area contributed by atoms with Crippen molar-refractivity contribution in [2.24, 2.45) is 5.73 Å². The van der Waals surface area contributed by atoms with Gasteiger partial charge in [-0.15, -0.1) is 0 Å². The maximum absolute atomic E-state index is 13.4. The van der Waals surface area contributed by atoms with Crippen LogP contribution < -0.4 is 5.73 Å². The lowest BCUT2D eigenvalue weighted by Gasteiger charge is -2.13. The van der Waals surface area contributed by atoms with E-state index in [-0.39, 0.29) is 11.9 Å². The molecule has 0 bridgehead atoms. The van der Waals surface area contributed by atoms with Crippen LogP contribution in [0.2, 0.25) is 0 Å². The van der Waals surface area contributed by atoms with Crippen molar-refractivity contribution in [3.63, 3.8) is 0 Å². The Morgan fingerprint density at radius 1 is 1.39 bits per heavy atom. The normalized spacial score (nSPS) is 12.7. The monoisotopic (exact) mass is 247 g/mol. The summed E-state index contributed by atoms with van der Waals surface area (Å²) in [6, 6.07) is 4.59. The molecule has 1 aromatic heterocycles. The standard InChI is InChI=1S/C14H18FN3/c1-4-18-10(3)14(8-17-18)13-7-11(15)5-6-12(13)9(2)16/h5-9H,4,16H2,1-3H3. The first kappa shape index (κ1) is 12.8. The molecule has 1 unspecified atom stereocenters. The SMILES string of the molecule is CCn1ncc(-c2cc(F)ccc2C(C)N)c1C. The fourth-order valence-electron chi connectivity index (χ4n) is 2.19. The Hall–Kier alpha value is -1.68. The van der Waals surface area contributed by atoms with Crippen LogP contribution in [0.1, 0.15) is 31.1 Å². The van der Waals surface area contributed by atoms with Crippen LogP contribution >= 0.6 is 0 Å². The van der Waals surface area contributed by atoms with Gasteiger partial charge in [-0.3, -0.25) is 4.68 Å². The average Bonchev–Trinajstić information content (AvgIpc) is 2.69. The van der Waals surface area contributed by atoms with E-state index in [2.05, 4.69) is 5.10 Å². The van der Waals surface area contributed by atoms with Crippen molar-refractivity contribution >= 4 is 0 Å². The molecule has 1 atom stereocenters. The molecule has 96 valence electrons. The molecule has 1 heterocycles. The van der Waals surface area contributed by atoms with Crippen LogP contribution in [0, 0.1) is 12.7 Å². The van der Waals surface area contributed by atoms with Crippen LogP contribution in [0.5, 0.6) is 0 Å². The number of halogens is 1. The highest BCUT2D eigenvalue weighted by molar-refractivity contribution is 5.69. The minimum atomic E-state index is -0.252. The predicted octanol–water partition coefficient (Wildman–Crippen LogP) is 3.04. The van der Waals surface area contributed by atoms with Gasteiger partial charge in [-0.05, 0) is 44.0 Å². The molecular formula is C14H18FN3. The van der Waals surface area contributed by atoms with Crippen molar-refractivity contribution in [1.29, 1.82) is 0 Å². The maximum atomic E-state index is 13.4. The molecule has 0 fully saturated rings. The van der Waals surface area contributed by atoms with Crippen LogP contribution in [0.3, 0.4) is 0 Å². The lowest BCUT2D eigenvalue weighted by molar-refractivity contribution is 0.626. The summed E-state index contributed by atoms with van der Waals surface area (Å²) in [5.41, 5.74) is 9.70. The molecule has 2 rings (SSSR count). The van der Waals surface area contributed by atoms with Crippen LogP contribution in [0.25, 0.3) is 11.1 Å². The van der Waals surface area contributed by atoms with E-state index < -0.39 is 0 Å². The molecule has 0 radical (unpaired) electrons. The van der Waals surface area contributed by atoms with E-state index in [0.29, 0.717) is 0 Å². The quantitative estimate of drug-likeness (QED) is 0.906. The topological polar surface area (TPSA) is 43.8 Å². The fourth-order valence-corrected chi connectivity index (χ4v) is 2.19. The summed E-state index contributed by atoms with van der Waals surface area (Å²) >= 11 is 0. The Bertz CT molecular complexity index is 558. The summed E-state index contributed by atoms with van der Waals surface area (Å²) in [6.45, 7) is 6.72. The van der Waals surface area contributed by atoms with Crippen LogP contribution in [-0.2, 0) is 6.54 Å². The van der Waals surface area contributed by atoms with E-state index in [9.17, 15) is 4.39 Å². The highest BCUT2D eigenvalue weighted by Crippen LogP contribution is 2.30. The number of hydrogen-bond acceptors (Lipinski definition) is 2. The summed E-state index contributed by atoms with van der Waals surface area (Å²) < 4.78 is 15.3. The summed E-state index contributed by atoms with van der Waals surface area (Å²) in [4.78, 5) is 0. The number of aryl methyl sites for hydroxylation is 1. The van der Waals surface area contributed by atoms with Gasteiger partial charge in [0.05, 0.1) is 6.20 Å². The molecule has 0 aliphatic rings. The van der Waals surface area contributed by atoms with E-state index in [1.807, 2.05) is 25.5 Å². The summed E-state index contributed by atoms with van der Waals surface area (Å²) in [5, 5.41) is 4.29. The van der Waals surface area contributed by atoms with Crippen molar-refractivity contribution in [2.45, 2.75) is 33.4 Å². The highest BCUT2D eigenvalue weighted by Gasteiger charge is 2.14. The number of hydrogen-bond donors (Lipinski definition) is 1. The largest absolute Gasteiger partial charge is 0.324 e. The van der Waals surface area contributed by atoms with Crippen molar-refractivity contribution in [2.75, 3.05) is 0 Å². The molecule has 0 amide bonds. The van der Waals surface area contributed by atoms with Gasteiger partial charge in [0.1, 0.15) is 5.82 Å². The van der Waals surface area contributed by atoms with Gasteiger partial charge in [-0.1, -0.05) is 6.07 Å². The molecular weight excluding hydrogens is 229 g/mol. The van der Waals surface area contributed by atoms with Gasteiger partial charge < -0.3 is 5.73 Å². The zero-order valence-electron chi connectivity index (χ0n) is 10.9. The number of nitrogens with two attached hydrogens (primary N) is 1. The third kappa shape index (κ3) is 2.16. The lowest BCUT2D eigenvalue weighted by Crippen LogP contribution is -2.07. The maximum Gasteiger partial charge on any atom is 0.123 e. The van der Waals surface area contributed by atoms with Crippen LogP contribution in [-0.4, -0.2) is 9.78 Å². The molecule has 2 aromatic rings. The Kier molecular flexibility index (Phi) is 3.48. The second kappa shape index (κ2) is 4.90. The molecule has 0 aliphatic heterocycles. The minimum absolute atomic E-state index is 0.134. The molecule has 0 saturated carbocycles. The summed E-state index contributed by atoms with van der Waals surface area (Å²) in [7, 11) is 0. The molecule has 2 N–H and O–H groups in total. The minimum Gasteiger partial charge on any atom is -0.324 e. The van der Waals surface area contributed by atoms with E-state index in [1.54, 1.807) is 12.3 Å². The first-order valence-electron chi connectivity index (χ1n) is 6.12. The van der Waals surface area contributed by atoms with Gasteiger partial charge in [0.2, 0.25) is 0 Å². The zero-order chi connectivity index (χ0) is 13.3. The first-order chi connectivity index (χ1) is 8.54. The molecule has 3 nitrogen and oxygen atoms in total. The molecule has 0 aliphatic carbocycles. The summed E-state index contributed by atoms with van der Waals surface area (Å²) in [5.74, 6) is -0.252. The Morgan fingerprint density at radius 3 is 2.67 bits per heavy atom. The van der Waals surface area contributed by atoms with E-state index >= 15 is 0 Å². The second-order valence-electron chi connectivity index (χ2n) is 4.48. The summed E-state index contributed by atoms with van der Waals surface area (Å²) in [6.07, 6.45) is 1.78. The lowest BCUT2D eigenvalue weighted by atomic mass is 9.96. The first-order valence-corrected chi connectivity index (χ1v) is 6.12. The predicted molar refractivity (Wildman–Crippen MR) is 70.6 cm³/mol. The van der Waals surface area contributed by atoms with E-state index in [4.69, 9.17) is 5.73 Å². The molecule has 0 saturated heterocycles. The van der Waals surface area contributed by atoms with Gasteiger partial charge >= 0.3 is 0 Å². The molecule has 18 heavy (non-hydrogen) atoms. The Balaban J connectivity index is 2.61. The van der Waals surface area contributed by atoms with Crippen LogP contribution in [0.4, 0.5) is 4.39 Å². The number of aromatic nitrogens is 2.